The molecule has 15 rings (SSSR count). The van der Waals surface area contributed by atoms with E-state index in [9.17, 15) is 0 Å². The molecule has 0 N–H and O–H groups in total. The van der Waals surface area contributed by atoms with Crippen molar-refractivity contribution < 1.29 is 0 Å². The molecule has 2 aliphatic carbocycles. The Morgan fingerprint density at radius 1 is 0.190 bits per heavy atom. The number of rotatable bonds is 10. The summed E-state index contributed by atoms with van der Waals surface area (Å²) in [6, 6.07) is 119. The Morgan fingerprint density at radius 2 is 0.532 bits per heavy atom. The standard InChI is InChI=1S/C78H53N/c1-5-24-62(25-6-1)77(63-26-7-2-8-27-63)73-34-17-15-32-69(73)71-48-46-67(52-75(71)77)79(68-47-49-72-70-33-16-18-35-74(70)78(76(72)53-68,64-28-9-3-10-29-64)65-30-11-4-12-31-65)66-44-42-56(43-45-66)55-36-38-57(39-37-55)59-22-19-23-60(50-59)61-41-40-54-20-13-14-21-58(54)51-61/h1-53H. The van der Waals surface area contributed by atoms with E-state index in [2.05, 4.69) is 326 Å². The van der Waals surface area contributed by atoms with Crippen LogP contribution in [0.3, 0.4) is 0 Å². The van der Waals surface area contributed by atoms with Crippen LogP contribution in [0.25, 0.3) is 66.4 Å². The van der Waals surface area contributed by atoms with E-state index in [-0.39, 0.29) is 0 Å². The number of anilines is 3. The van der Waals surface area contributed by atoms with Crippen LogP contribution in [0, 0.1) is 0 Å². The van der Waals surface area contributed by atoms with Gasteiger partial charge in [-0.1, -0.05) is 273 Å². The molecule has 0 heterocycles. The van der Waals surface area contributed by atoms with Crippen molar-refractivity contribution >= 4 is 27.8 Å². The summed E-state index contributed by atoms with van der Waals surface area (Å²) in [5.74, 6) is 0. The van der Waals surface area contributed by atoms with Crippen LogP contribution in [-0.2, 0) is 10.8 Å². The van der Waals surface area contributed by atoms with E-state index in [0.717, 1.165) is 22.6 Å². The Kier molecular flexibility index (Phi) is 11.1. The van der Waals surface area contributed by atoms with Crippen molar-refractivity contribution in [2.45, 2.75) is 10.8 Å². The van der Waals surface area contributed by atoms with E-state index < -0.39 is 10.8 Å². The topological polar surface area (TPSA) is 3.24 Å². The van der Waals surface area contributed by atoms with E-state index in [4.69, 9.17) is 0 Å². The molecule has 0 spiro atoms. The van der Waals surface area contributed by atoms with Gasteiger partial charge in [0.1, 0.15) is 0 Å². The van der Waals surface area contributed by atoms with Crippen molar-refractivity contribution in [3.63, 3.8) is 0 Å². The second-order valence-electron chi connectivity index (χ2n) is 21.1. The lowest BCUT2D eigenvalue weighted by molar-refractivity contribution is 0.767. The van der Waals surface area contributed by atoms with Gasteiger partial charge in [-0.25, -0.2) is 0 Å². The molecule has 0 fully saturated rings. The molecule has 0 amide bonds. The quantitative estimate of drug-likeness (QED) is 0.132. The van der Waals surface area contributed by atoms with E-state index in [0.29, 0.717) is 0 Å². The van der Waals surface area contributed by atoms with Crippen LogP contribution < -0.4 is 4.90 Å². The van der Waals surface area contributed by atoms with Gasteiger partial charge in [0.2, 0.25) is 0 Å². The average Bonchev–Trinajstić information content (AvgIpc) is 2.96. The fourth-order valence-corrected chi connectivity index (χ4v) is 13.5. The summed E-state index contributed by atoms with van der Waals surface area (Å²) >= 11 is 0. The highest BCUT2D eigenvalue weighted by molar-refractivity contribution is 5.93. The van der Waals surface area contributed by atoms with E-state index in [1.165, 1.54) is 105 Å². The van der Waals surface area contributed by atoms with Crippen molar-refractivity contribution in [1.29, 1.82) is 0 Å². The number of benzene rings is 13. The lowest BCUT2D eigenvalue weighted by atomic mass is 9.67. The van der Waals surface area contributed by atoms with Gasteiger partial charge in [0.25, 0.3) is 0 Å². The van der Waals surface area contributed by atoms with Crippen molar-refractivity contribution in [2.24, 2.45) is 0 Å². The third-order valence-corrected chi connectivity index (χ3v) is 17.0. The van der Waals surface area contributed by atoms with Crippen LogP contribution in [-0.4, -0.2) is 0 Å². The zero-order chi connectivity index (χ0) is 52.3. The first-order chi connectivity index (χ1) is 39.2. The Morgan fingerprint density at radius 3 is 1.01 bits per heavy atom. The Labute approximate surface area is 462 Å². The van der Waals surface area contributed by atoms with E-state index in [1.54, 1.807) is 0 Å². The molecular formula is C78H53N. The SMILES string of the molecule is c1ccc(C2(c3ccccc3)c3ccccc3-c3ccc(N(c4ccc(-c5ccc(-c6cccc(-c7ccc8ccccc8c7)c6)cc5)cc4)c4ccc5c(c4)C(c4ccccc4)(c4ccccc4)c4ccccc4-5)cc32)cc1. The third kappa shape index (κ3) is 7.38. The molecule has 0 aliphatic heterocycles. The van der Waals surface area contributed by atoms with E-state index >= 15 is 0 Å². The maximum Gasteiger partial charge on any atom is 0.0714 e. The Hall–Kier alpha value is -10.1. The highest BCUT2D eigenvalue weighted by atomic mass is 15.1. The zero-order valence-electron chi connectivity index (χ0n) is 43.5. The molecular weight excluding hydrogens is 951 g/mol. The largest absolute Gasteiger partial charge is 0.310 e. The molecule has 13 aromatic rings. The van der Waals surface area contributed by atoms with Crippen molar-refractivity contribution in [2.75, 3.05) is 4.90 Å². The van der Waals surface area contributed by atoms with Gasteiger partial charge >= 0.3 is 0 Å². The van der Waals surface area contributed by atoms with Crippen LogP contribution >= 0.6 is 0 Å². The predicted octanol–water partition coefficient (Wildman–Crippen LogP) is 20.0. The maximum absolute atomic E-state index is 2.49. The summed E-state index contributed by atoms with van der Waals surface area (Å²) in [4.78, 5) is 2.49. The molecule has 0 atom stereocenters. The smallest absolute Gasteiger partial charge is 0.0714 e. The molecule has 1 nitrogen and oxygen atoms in total. The van der Waals surface area contributed by atoms with Gasteiger partial charge in [-0.15, -0.1) is 0 Å². The van der Waals surface area contributed by atoms with Crippen LogP contribution in [0.5, 0.6) is 0 Å². The molecule has 0 saturated carbocycles. The molecule has 0 aromatic heterocycles. The number of fused-ring (bicyclic) bond motifs is 7. The fraction of sp³-hybridized carbons (Fsp3) is 0.0256. The van der Waals surface area contributed by atoms with Gasteiger partial charge in [-0.05, 0) is 159 Å². The molecule has 370 valence electrons. The van der Waals surface area contributed by atoms with E-state index in [1.807, 2.05) is 0 Å². The highest BCUT2D eigenvalue weighted by Crippen LogP contribution is 2.59. The second-order valence-corrected chi connectivity index (χ2v) is 21.1. The van der Waals surface area contributed by atoms with Crippen molar-refractivity contribution in [1.82, 2.24) is 0 Å². The van der Waals surface area contributed by atoms with Crippen molar-refractivity contribution in [3.05, 3.63) is 366 Å². The maximum atomic E-state index is 2.49. The first kappa shape index (κ1) is 46.2. The minimum atomic E-state index is -0.556. The van der Waals surface area contributed by atoms with Crippen LogP contribution in [0.1, 0.15) is 44.5 Å². The van der Waals surface area contributed by atoms with Gasteiger partial charge in [0.05, 0.1) is 10.8 Å². The van der Waals surface area contributed by atoms with Crippen LogP contribution in [0.4, 0.5) is 17.1 Å². The molecule has 1 heteroatoms. The zero-order valence-corrected chi connectivity index (χ0v) is 43.5. The highest BCUT2D eigenvalue weighted by Gasteiger charge is 2.48. The summed E-state index contributed by atoms with van der Waals surface area (Å²) in [7, 11) is 0. The molecule has 0 bridgehead atoms. The first-order valence-corrected chi connectivity index (χ1v) is 27.5. The fourth-order valence-electron chi connectivity index (χ4n) is 13.5. The number of nitrogens with zero attached hydrogens (tertiary/aromatic N) is 1. The average molecular weight is 1000 g/mol. The third-order valence-electron chi connectivity index (χ3n) is 17.0. The summed E-state index contributed by atoms with van der Waals surface area (Å²) < 4.78 is 0. The van der Waals surface area contributed by atoms with Gasteiger partial charge in [-0.3, -0.25) is 0 Å². The lowest BCUT2D eigenvalue weighted by Crippen LogP contribution is -2.29. The molecule has 0 radical (unpaired) electrons. The molecule has 79 heavy (non-hydrogen) atoms. The van der Waals surface area contributed by atoms with Crippen molar-refractivity contribution in [3.8, 4) is 55.6 Å². The first-order valence-electron chi connectivity index (χ1n) is 27.5. The van der Waals surface area contributed by atoms with Gasteiger partial charge in [0.15, 0.2) is 0 Å². The molecule has 0 unspecified atom stereocenters. The molecule has 2 aliphatic rings. The summed E-state index contributed by atoms with van der Waals surface area (Å²) in [5.41, 5.74) is 24.4. The molecule has 0 saturated heterocycles. The number of hydrogen-bond donors (Lipinski definition) is 0. The van der Waals surface area contributed by atoms with Crippen LogP contribution in [0.2, 0.25) is 0 Å². The summed E-state index contributed by atoms with van der Waals surface area (Å²) in [6.45, 7) is 0. The Balaban J connectivity index is 0.887. The molecule has 13 aromatic carbocycles. The Bertz CT molecular complexity index is 4130. The lowest BCUT2D eigenvalue weighted by Gasteiger charge is -2.36. The predicted molar refractivity (Wildman–Crippen MR) is 330 cm³/mol. The minimum absolute atomic E-state index is 0.556. The monoisotopic (exact) mass is 1000 g/mol. The van der Waals surface area contributed by atoms with Gasteiger partial charge in [-0.2, -0.15) is 0 Å². The van der Waals surface area contributed by atoms with Gasteiger partial charge in [0, 0.05) is 17.1 Å². The minimum Gasteiger partial charge on any atom is -0.310 e. The summed E-state index contributed by atoms with van der Waals surface area (Å²) in [6.07, 6.45) is 0. The normalized spacial score (nSPS) is 13.3. The summed E-state index contributed by atoms with van der Waals surface area (Å²) in [5, 5.41) is 2.51. The number of hydrogen-bond acceptors (Lipinski definition) is 1. The van der Waals surface area contributed by atoms with Gasteiger partial charge < -0.3 is 4.90 Å². The second kappa shape index (κ2) is 18.9. The van der Waals surface area contributed by atoms with Crippen LogP contribution in [0.15, 0.2) is 322 Å².